The molecule has 12 heteroatoms. The van der Waals surface area contributed by atoms with Crippen LogP contribution in [0, 0.1) is 0 Å². The lowest BCUT2D eigenvalue weighted by molar-refractivity contribution is -0.126. The van der Waals surface area contributed by atoms with Crippen molar-refractivity contribution < 1.29 is 23.9 Å². The number of nitrogens with two attached hydrogens (primary N) is 1. The van der Waals surface area contributed by atoms with Gasteiger partial charge in [0.1, 0.15) is 24.0 Å². The van der Waals surface area contributed by atoms with Crippen molar-refractivity contribution >= 4 is 23.3 Å². The molecule has 1 aliphatic heterocycles. The Morgan fingerprint density at radius 2 is 1.39 bits per heavy atom. The highest BCUT2D eigenvalue weighted by Gasteiger charge is 2.12. The van der Waals surface area contributed by atoms with Gasteiger partial charge in [-0.25, -0.2) is 5.53 Å². The first-order chi connectivity index (χ1) is 21.5. The average Bonchev–Trinajstić information content (AvgIpc) is 3.53. The zero-order valence-electron chi connectivity index (χ0n) is 27.5. The largest absolute Gasteiger partial charge is 0.379 e. The lowest BCUT2D eigenvalue weighted by Gasteiger charge is -2.14. The van der Waals surface area contributed by atoms with Crippen LogP contribution in [0.4, 0.5) is 0 Å². The maximum atomic E-state index is 12.1. The van der Waals surface area contributed by atoms with Crippen molar-refractivity contribution in [1.29, 1.82) is 0 Å². The second kappa shape index (κ2) is 29.6. The molecule has 0 saturated heterocycles. The van der Waals surface area contributed by atoms with Gasteiger partial charge in [0.2, 0.25) is 5.91 Å². The third kappa shape index (κ3) is 25.2. The number of nitrogens with one attached hydrogen (secondary N) is 5. The van der Waals surface area contributed by atoms with Crippen LogP contribution in [-0.2, 0) is 23.9 Å². The molecule has 1 heterocycles. The average molecular weight is 626 g/mol. The van der Waals surface area contributed by atoms with Gasteiger partial charge in [-0.3, -0.25) is 25.1 Å². The van der Waals surface area contributed by atoms with Crippen molar-refractivity contribution in [2.24, 2.45) is 10.8 Å². The monoisotopic (exact) mass is 625 g/mol. The molecule has 0 unspecified atom stereocenters. The van der Waals surface area contributed by atoms with E-state index in [1.54, 1.807) is 6.92 Å². The van der Waals surface area contributed by atoms with E-state index in [1.807, 2.05) is 0 Å². The number of carbonyl (C=O) groups is 3. The number of Topliss-reactive ketones (excluding diaryl/α,β-unsaturated/α-hetero) is 2. The van der Waals surface area contributed by atoms with E-state index >= 15 is 0 Å². The molecule has 0 aromatic rings. The highest BCUT2D eigenvalue weighted by Crippen LogP contribution is 2.14. The summed E-state index contributed by atoms with van der Waals surface area (Å²) in [6, 6.07) is -0.216. The second-order valence-corrected chi connectivity index (χ2v) is 11.7. The summed E-state index contributed by atoms with van der Waals surface area (Å²) in [5, 5.41) is 9.86. The summed E-state index contributed by atoms with van der Waals surface area (Å²) in [6.45, 7) is 3.66. The molecule has 0 aromatic heterocycles. The number of hydrazone groups is 1. The number of hydrazine groups is 2. The predicted molar refractivity (Wildman–Crippen MR) is 175 cm³/mol. The van der Waals surface area contributed by atoms with Crippen molar-refractivity contribution in [3.8, 4) is 0 Å². The van der Waals surface area contributed by atoms with Crippen molar-refractivity contribution in [2.75, 3.05) is 39.6 Å². The van der Waals surface area contributed by atoms with Gasteiger partial charge in [-0.1, -0.05) is 70.6 Å². The van der Waals surface area contributed by atoms with E-state index in [0.717, 1.165) is 44.4 Å². The Kier molecular flexibility index (Phi) is 26.8. The van der Waals surface area contributed by atoms with Crippen molar-refractivity contribution in [3.05, 3.63) is 0 Å². The maximum Gasteiger partial charge on any atom is 0.245 e. The summed E-state index contributed by atoms with van der Waals surface area (Å²) in [5.74, 6) is 1.24. The summed E-state index contributed by atoms with van der Waals surface area (Å²) >= 11 is 0. The van der Waals surface area contributed by atoms with Crippen molar-refractivity contribution in [2.45, 2.75) is 141 Å². The molecule has 0 radical (unpaired) electrons. The van der Waals surface area contributed by atoms with Gasteiger partial charge < -0.3 is 20.5 Å². The Hall–Kier alpha value is -2.12. The topological polar surface area (TPSA) is 168 Å². The molecule has 0 fully saturated rings. The zero-order chi connectivity index (χ0) is 31.9. The van der Waals surface area contributed by atoms with E-state index in [-0.39, 0.29) is 31.0 Å². The zero-order valence-corrected chi connectivity index (χ0v) is 27.5. The van der Waals surface area contributed by atoms with E-state index in [1.165, 1.54) is 70.6 Å². The number of amidine groups is 1. The molecule has 44 heavy (non-hydrogen) atoms. The van der Waals surface area contributed by atoms with Crippen LogP contribution < -0.4 is 32.9 Å². The Bertz CT molecular complexity index is 769. The van der Waals surface area contributed by atoms with E-state index < -0.39 is 0 Å². The maximum absolute atomic E-state index is 12.1. The Labute approximate surface area is 266 Å². The van der Waals surface area contributed by atoms with Gasteiger partial charge in [-0.05, 0) is 45.4 Å². The van der Waals surface area contributed by atoms with Crippen LogP contribution in [0.5, 0.6) is 0 Å². The van der Waals surface area contributed by atoms with Crippen LogP contribution in [0.25, 0.3) is 0 Å². The van der Waals surface area contributed by atoms with Crippen LogP contribution in [0.15, 0.2) is 5.10 Å². The first-order valence-corrected chi connectivity index (χ1v) is 17.2. The molecule has 0 aromatic carbocycles. The molecular formula is C32H63N7O5. The van der Waals surface area contributed by atoms with Crippen LogP contribution in [0.3, 0.4) is 0 Å². The number of ketones is 2. The van der Waals surface area contributed by atoms with Crippen molar-refractivity contribution in [1.82, 2.24) is 27.1 Å². The van der Waals surface area contributed by atoms with Crippen molar-refractivity contribution in [3.63, 3.8) is 0 Å². The van der Waals surface area contributed by atoms with Crippen LogP contribution in [0.1, 0.15) is 135 Å². The number of ether oxygens (including phenoxy) is 2. The highest BCUT2D eigenvalue weighted by atomic mass is 16.5. The van der Waals surface area contributed by atoms with Crippen LogP contribution >= 0.6 is 0 Å². The summed E-state index contributed by atoms with van der Waals surface area (Å²) in [4.78, 5) is 35.4. The fraction of sp³-hybridized carbons (Fsp3) is 0.875. The Morgan fingerprint density at radius 3 is 2.00 bits per heavy atom. The summed E-state index contributed by atoms with van der Waals surface area (Å²) < 4.78 is 10.9. The molecule has 1 amide bonds. The van der Waals surface area contributed by atoms with E-state index in [0.29, 0.717) is 51.4 Å². The highest BCUT2D eigenvalue weighted by molar-refractivity contribution is 5.82. The SMILES string of the molecule is CC(=O)[C@H](CCCCNC(=O)COCCOCCCC(=O)CCCCCCCCCCCCCCCC1=NNNN1)NCN. The molecule has 0 spiro atoms. The minimum Gasteiger partial charge on any atom is -0.379 e. The minimum atomic E-state index is -0.216. The minimum absolute atomic E-state index is 0.000115. The fourth-order valence-electron chi connectivity index (χ4n) is 5.13. The molecule has 7 N–H and O–H groups in total. The lowest BCUT2D eigenvalue weighted by Crippen LogP contribution is -2.39. The van der Waals surface area contributed by atoms with E-state index in [9.17, 15) is 14.4 Å². The number of rotatable bonds is 33. The van der Waals surface area contributed by atoms with Crippen LogP contribution in [0.2, 0.25) is 0 Å². The summed E-state index contributed by atoms with van der Waals surface area (Å²) in [5.41, 5.74) is 13.9. The van der Waals surface area contributed by atoms with E-state index in [4.69, 9.17) is 15.2 Å². The second-order valence-electron chi connectivity index (χ2n) is 11.7. The predicted octanol–water partition coefficient (Wildman–Crippen LogP) is 3.90. The van der Waals surface area contributed by atoms with Gasteiger partial charge in [0.05, 0.1) is 19.3 Å². The number of unbranched alkanes of at least 4 members (excludes halogenated alkanes) is 13. The number of hydrogen-bond donors (Lipinski definition) is 6. The van der Waals surface area contributed by atoms with Gasteiger partial charge in [0, 0.05) is 39.1 Å². The number of hydrogen-bond acceptors (Lipinski definition) is 11. The molecule has 1 atom stereocenters. The smallest absolute Gasteiger partial charge is 0.245 e. The molecule has 0 bridgehead atoms. The quantitative estimate of drug-likeness (QED) is 0.0465. The molecule has 1 aliphatic rings. The Balaban J connectivity index is 1.75. The van der Waals surface area contributed by atoms with Gasteiger partial charge in [0.15, 0.2) is 0 Å². The lowest BCUT2D eigenvalue weighted by atomic mass is 10.0. The van der Waals surface area contributed by atoms with Crippen LogP contribution in [-0.4, -0.2) is 69.0 Å². The molecule has 0 saturated carbocycles. The first kappa shape index (κ1) is 39.9. The molecule has 1 rings (SSSR count). The number of nitrogens with zero attached hydrogens (tertiary/aromatic N) is 1. The summed E-state index contributed by atoms with van der Waals surface area (Å²) in [7, 11) is 0. The molecule has 0 aliphatic carbocycles. The molecule has 12 nitrogen and oxygen atoms in total. The van der Waals surface area contributed by atoms with Gasteiger partial charge in [-0.2, -0.15) is 0 Å². The fourth-order valence-corrected chi connectivity index (χ4v) is 5.13. The molecular weight excluding hydrogens is 562 g/mol. The molecule has 256 valence electrons. The third-order valence-corrected chi connectivity index (χ3v) is 7.77. The van der Waals surface area contributed by atoms with Gasteiger partial charge in [-0.15, -0.1) is 10.6 Å². The van der Waals surface area contributed by atoms with E-state index in [2.05, 4.69) is 32.2 Å². The Morgan fingerprint density at radius 1 is 0.773 bits per heavy atom. The third-order valence-electron chi connectivity index (χ3n) is 7.77. The first-order valence-electron chi connectivity index (χ1n) is 17.2. The normalized spacial score (nSPS) is 13.3. The standard InChI is InChI=1S/C32H63N7O5/c1-28(40)30(35-27-33)20-15-16-22-34-32(42)26-44-25-24-43-23-17-19-29(41)18-13-11-9-7-5-3-2-4-6-8-10-12-14-21-31-36-38-39-37-31/h30,35,38-39H,2-27,33H2,1H3,(H,34,42)(H,36,37)/t30-/m0/s1. The summed E-state index contributed by atoms with van der Waals surface area (Å²) in [6.07, 6.45) is 21.8. The number of carbonyl (C=O) groups excluding carboxylic acids is 3. The van der Waals surface area contributed by atoms with Gasteiger partial charge in [0.25, 0.3) is 0 Å². The number of amides is 1. The van der Waals surface area contributed by atoms with Gasteiger partial charge >= 0.3 is 0 Å².